The summed E-state index contributed by atoms with van der Waals surface area (Å²) in [7, 11) is 1.54. The average Bonchev–Trinajstić information content (AvgIpc) is 3.04. The summed E-state index contributed by atoms with van der Waals surface area (Å²) in [4.78, 5) is 37.2. The van der Waals surface area contributed by atoms with Crippen LogP contribution in [0.2, 0.25) is 0 Å². The maximum Gasteiger partial charge on any atom is 0.307 e. The van der Waals surface area contributed by atoms with Crippen LogP contribution >= 0.6 is 0 Å². The van der Waals surface area contributed by atoms with Crippen molar-refractivity contribution >= 4 is 29.2 Å². The van der Waals surface area contributed by atoms with Crippen LogP contribution in [0.25, 0.3) is 0 Å². The van der Waals surface area contributed by atoms with Crippen LogP contribution in [-0.2, 0) is 20.8 Å². The Kier molecular flexibility index (Phi) is 5.40. The molecule has 2 amide bonds. The summed E-state index contributed by atoms with van der Waals surface area (Å²) in [6.45, 7) is 0.280. The van der Waals surface area contributed by atoms with Crippen LogP contribution in [0.15, 0.2) is 48.5 Å². The summed E-state index contributed by atoms with van der Waals surface area (Å²) >= 11 is 0. The Morgan fingerprint density at radius 1 is 1.19 bits per heavy atom. The Balaban J connectivity index is 1.66. The molecule has 1 aliphatic rings. The van der Waals surface area contributed by atoms with Crippen molar-refractivity contribution in [1.82, 2.24) is 0 Å². The van der Waals surface area contributed by atoms with Crippen molar-refractivity contribution in [3.8, 4) is 5.75 Å². The zero-order chi connectivity index (χ0) is 19.4. The number of carbonyl (C=O) groups excluding carboxylic acids is 2. The fourth-order valence-corrected chi connectivity index (χ4v) is 3.09. The number of benzene rings is 2. The van der Waals surface area contributed by atoms with Crippen molar-refractivity contribution < 1.29 is 24.2 Å². The summed E-state index contributed by atoms with van der Waals surface area (Å²) in [5.41, 5.74) is 1.87. The van der Waals surface area contributed by atoms with Crippen LogP contribution in [0, 0.1) is 5.92 Å². The van der Waals surface area contributed by atoms with Crippen LogP contribution in [0.4, 0.5) is 11.4 Å². The van der Waals surface area contributed by atoms with E-state index in [0.717, 1.165) is 0 Å². The molecule has 140 valence electrons. The first-order valence-electron chi connectivity index (χ1n) is 8.53. The lowest BCUT2D eigenvalue weighted by Crippen LogP contribution is -2.28. The van der Waals surface area contributed by atoms with Gasteiger partial charge in [-0.25, -0.2) is 0 Å². The second kappa shape index (κ2) is 7.90. The number of carboxylic acids is 1. The number of carboxylic acid groups (broad SMARTS) is 1. The largest absolute Gasteiger partial charge is 0.495 e. The smallest absolute Gasteiger partial charge is 0.307 e. The number of aliphatic carboxylic acids is 1. The lowest BCUT2D eigenvalue weighted by Gasteiger charge is -2.19. The third kappa shape index (κ3) is 4.25. The molecule has 1 fully saturated rings. The predicted molar refractivity (Wildman–Crippen MR) is 99.9 cm³/mol. The number of methoxy groups -OCH3 is 1. The van der Waals surface area contributed by atoms with E-state index < -0.39 is 11.9 Å². The van der Waals surface area contributed by atoms with Gasteiger partial charge in [-0.15, -0.1) is 0 Å². The lowest BCUT2D eigenvalue weighted by atomic mass is 10.1. The first-order valence-corrected chi connectivity index (χ1v) is 8.53. The number of para-hydroxylation sites is 2. The number of ether oxygens (including phenoxy) is 1. The van der Waals surface area contributed by atoms with Gasteiger partial charge in [0.1, 0.15) is 5.75 Å². The number of rotatable bonds is 6. The van der Waals surface area contributed by atoms with Crippen LogP contribution in [0.1, 0.15) is 12.0 Å². The van der Waals surface area contributed by atoms with E-state index in [1.165, 1.54) is 7.11 Å². The van der Waals surface area contributed by atoms with Gasteiger partial charge in [0.05, 0.1) is 25.1 Å². The first-order chi connectivity index (χ1) is 13.0. The molecule has 0 bridgehead atoms. The molecule has 0 radical (unpaired) electrons. The van der Waals surface area contributed by atoms with Crippen LogP contribution in [-0.4, -0.2) is 36.5 Å². The number of nitrogens with zero attached hydrogens (tertiary/aromatic N) is 1. The normalized spacial score (nSPS) is 16.3. The Morgan fingerprint density at radius 3 is 2.56 bits per heavy atom. The molecule has 0 saturated carbocycles. The average molecular weight is 368 g/mol. The van der Waals surface area contributed by atoms with E-state index in [9.17, 15) is 14.4 Å². The zero-order valence-electron chi connectivity index (χ0n) is 14.8. The van der Waals surface area contributed by atoms with Crippen LogP contribution in [0.5, 0.6) is 5.75 Å². The van der Waals surface area contributed by atoms with Gasteiger partial charge < -0.3 is 20.1 Å². The molecule has 1 atom stereocenters. The Labute approximate surface area is 156 Å². The molecular weight excluding hydrogens is 348 g/mol. The third-order valence-electron chi connectivity index (χ3n) is 4.45. The predicted octanol–water partition coefficient (Wildman–Crippen LogP) is 2.31. The van der Waals surface area contributed by atoms with Crippen molar-refractivity contribution in [2.24, 2.45) is 5.92 Å². The number of nitrogens with one attached hydrogen (secondary N) is 1. The Hall–Kier alpha value is -3.35. The third-order valence-corrected chi connectivity index (χ3v) is 4.45. The molecule has 1 saturated heterocycles. The second-order valence-corrected chi connectivity index (χ2v) is 6.33. The molecule has 0 spiro atoms. The van der Waals surface area contributed by atoms with Crippen molar-refractivity contribution in [3.05, 3.63) is 54.1 Å². The summed E-state index contributed by atoms with van der Waals surface area (Å²) in [5.74, 6) is -1.17. The molecule has 27 heavy (non-hydrogen) atoms. The highest BCUT2D eigenvalue weighted by molar-refractivity contribution is 6.04. The van der Waals surface area contributed by atoms with Crippen molar-refractivity contribution in [2.75, 3.05) is 23.9 Å². The molecule has 7 nitrogen and oxygen atoms in total. The minimum Gasteiger partial charge on any atom is -0.495 e. The van der Waals surface area contributed by atoms with Gasteiger partial charge in [0, 0.05) is 18.7 Å². The molecule has 1 aliphatic heterocycles. The molecule has 0 aromatic heterocycles. The summed E-state index contributed by atoms with van der Waals surface area (Å²) < 4.78 is 5.30. The van der Waals surface area contributed by atoms with E-state index >= 15 is 0 Å². The zero-order valence-corrected chi connectivity index (χ0v) is 14.8. The monoisotopic (exact) mass is 368 g/mol. The van der Waals surface area contributed by atoms with Crippen LogP contribution < -0.4 is 15.0 Å². The fraction of sp³-hybridized carbons (Fsp3) is 0.250. The number of carbonyl (C=O) groups is 3. The van der Waals surface area contributed by atoms with E-state index in [-0.39, 0.29) is 31.2 Å². The molecule has 2 aromatic carbocycles. The lowest BCUT2D eigenvalue weighted by molar-refractivity contribution is -0.136. The van der Waals surface area contributed by atoms with Gasteiger partial charge in [-0.1, -0.05) is 24.3 Å². The SMILES string of the molecule is COc1ccccc1N1CC(C(=O)Nc2ccc(CC(=O)O)cc2)CC1=O. The van der Waals surface area contributed by atoms with Gasteiger partial charge in [-0.05, 0) is 29.8 Å². The van der Waals surface area contributed by atoms with E-state index in [1.807, 2.05) is 12.1 Å². The molecule has 2 N–H and O–H groups in total. The Bertz CT molecular complexity index is 863. The highest BCUT2D eigenvalue weighted by Crippen LogP contribution is 2.33. The van der Waals surface area contributed by atoms with Gasteiger partial charge in [-0.3, -0.25) is 14.4 Å². The quantitative estimate of drug-likeness (QED) is 0.816. The van der Waals surface area contributed by atoms with Gasteiger partial charge in [0.25, 0.3) is 0 Å². The minimum atomic E-state index is -0.910. The minimum absolute atomic E-state index is 0.0702. The fourth-order valence-electron chi connectivity index (χ4n) is 3.09. The molecule has 7 heteroatoms. The maximum absolute atomic E-state index is 12.5. The Morgan fingerprint density at radius 2 is 1.89 bits per heavy atom. The highest BCUT2D eigenvalue weighted by atomic mass is 16.5. The standard InChI is InChI=1S/C20H20N2O5/c1-27-17-5-3-2-4-16(17)22-12-14(11-18(22)23)20(26)21-15-8-6-13(7-9-15)10-19(24)25/h2-9,14H,10-12H2,1H3,(H,21,26)(H,24,25). The van der Waals surface area contributed by atoms with Crippen molar-refractivity contribution in [2.45, 2.75) is 12.8 Å². The van der Waals surface area contributed by atoms with E-state index in [1.54, 1.807) is 41.3 Å². The number of hydrogen-bond donors (Lipinski definition) is 2. The van der Waals surface area contributed by atoms with Gasteiger partial charge in [-0.2, -0.15) is 0 Å². The van der Waals surface area contributed by atoms with Crippen LogP contribution in [0.3, 0.4) is 0 Å². The summed E-state index contributed by atoms with van der Waals surface area (Å²) in [5, 5.41) is 11.6. The molecule has 2 aromatic rings. The van der Waals surface area contributed by atoms with Gasteiger partial charge in [0.15, 0.2) is 0 Å². The highest BCUT2D eigenvalue weighted by Gasteiger charge is 2.36. The van der Waals surface area contributed by atoms with Crippen molar-refractivity contribution in [3.63, 3.8) is 0 Å². The van der Waals surface area contributed by atoms with E-state index in [0.29, 0.717) is 22.7 Å². The molecular formula is C20H20N2O5. The summed E-state index contributed by atoms with van der Waals surface area (Å²) in [6, 6.07) is 13.8. The maximum atomic E-state index is 12.5. The van der Waals surface area contributed by atoms with E-state index in [4.69, 9.17) is 9.84 Å². The van der Waals surface area contributed by atoms with Gasteiger partial charge >= 0.3 is 5.97 Å². The molecule has 0 aliphatic carbocycles. The topological polar surface area (TPSA) is 95.9 Å². The summed E-state index contributed by atoms with van der Waals surface area (Å²) in [6.07, 6.45) is 0.0558. The molecule has 3 rings (SSSR count). The molecule has 1 heterocycles. The molecule has 1 unspecified atom stereocenters. The van der Waals surface area contributed by atoms with E-state index in [2.05, 4.69) is 5.32 Å². The van der Waals surface area contributed by atoms with Crippen molar-refractivity contribution in [1.29, 1.82) is 0 Å². The first kappa shape index (κ1) is 18.4. The number of hydrogen-bond acceptors (Lipinski definition) is 4. The number of anilines is 2. The number of amides is 2. The van der Waals surface area contributed by atoms with Gasteiger partial charge in [0.2, 0.25) is 11.8 Å². The second-order valence-electron chi connectivity index (χ2n) is 6.33.